The van der Waals surface area contributed by atoms with Crippen LogP contribution >= 0.6 is 0 Å². The van der Waals surface area contributed by atoms with E-state index in [1.165, 1.54) is 29.1 Å². The first-order valence-electron chi connectivity index (χ1n) is 8.98. The van der Waals surface area contributed by atoms with E-state index in [-0.39, 0.29) is 24.1 Å². The lowest BCUT2D eigenvalue weighted by atomic mass is 9.98. The summed E-state index contributed by atoms with van der Waals surface area (Å²) < 4.78 is 13.7. The minimum atomic E-state index is -0.600. The molecule has 2 amide bonds. The summed E-state index contributed by atoms with van der Waals surface area (Å²) in [5.41, 5.74) is 3.29. The summed E-state index contributed by atoms with van der Waals surface area (Å²) in [6, 6.07) is 13.7. The molecule has 1 atom stereocenters. The first-order chi connectivity index (χ1) is 13.1. The Hall–Kier alpha value is -3.15. The minimum absolute atomic E-state index is 0.0603. The van der Waals surface area contributed by atoms with Crippen LogP contribution in [-0.2, 0) is 11.2 Å². The van der Waals surface area contributed by atoms with Crippen molar-refractivity contribution < 1.29 is 14.0 Å². The second-order valence-corrected chi connectivity index (χ2v) is 6.74. The number of halogens is 1. The van der Waals surface area contributed by atoms with E-state index in [0.717, 1.165) is 17.6 Å². The smallest absolute Gasteiger partial charge is 0.254 e. The van der Waals surface area contributed by atoms with E-state index in [4.69, 9.17) is 0 Å². The molecule has 1 aliphatic rings. The molecule has 2 heterocycles. The zero-order chi connectivity index (χ0) is 19.0. The Bertz CT molecular complexity index is 1030. The number of hydrogen-bond donors (Lipinski definition) is 2. The van der Waals surface area contributed by atoms with E-state index in [1.54, 1.807) is 11.0 Å². The molecule has 4 rings (SSSR count). The van der Waals surface area contributed by atoms with Crippen LogP contribution in [0.2, 0.25) is 0 Å². The summed E-state index contributed by atoms with van der Waals surface area (Å²) in [5, 5.41) is 3.72. The van der Waals surface area contributed by atoms with Crippen LogP contribution in [0.1, 0.15) is 34.6 Å². The largest absolute Gasteiger partial charge is 0.356 e. The van der Waals surface area contributed by atoms with Crippen molar-refractivity contribution in [3.8, 4) is 0 Å². The van der Waals surface area contributed by atoms with Gasteiger partial charge in [-0.1, -0.05) is 30.3 Å². The second kappa shape index (κ2) is 6.87. The fraction of sp³-hybridized carbons (Fsp3) is 0.238. The molecule has 1 aliphatic heterocycles. The molecule has 2 N–H and O–H groups in total. The Kier molecular flexibility index (Phi) is 4.39. The Morgan fingerprint density at radius 1 is 1.19 bits per heavy atom. The van der Waals surface area contributed by atoms with E-state index in [2.05, 4.69) is 16.4 Å². The SMILES string of the molecule is C[C@@H]1c2[nH]c3ccccc3c2CCN1C(=O)CNC(=O)c1ccccc1F. The third kappa shape index (κ3) is 3.07. The fourth-order valence-electron chi connectivity index (χ4n) is 3.77. The lowest BCUT2D eigenvalue weighted by Gasteiger charge is -2.33. The number of para-hydroxylation sites is 1. The molecular formula is C21H20FN3O2. The van der Waals surface area contributed by atoms with Crippen molar-refractivity contribution in [1.29, 1.82) is 0 Å². The van der Waals surface area contributed by atoms with E-state index in [9.17, 15) is 14.0 Å². The van der Waals surface area contributed by atoms with E-state index in [0.29, 0.717) is 6.54 Å². The third-order valence-electron chi connectivity index (χ3n) is 5.17. The number of H-pyrrole nitrogens is 1. The van der Waals surface area contributed by atoms with Crippen LogP contribution in [-0.4, -0.2) is 34.8 Å². The highest BCUT2D eigenvalue weighted by Gasteiger charge is 2.30. The molecule has 0 saturated carbocycles. The monoisotopic (exact) mass is 365 g/mol. The average molecular weight is 365 g/mol. The van der Waals surface area contributed by atoms with Gasteiger partial charge in [-0.2, -0.15) is 0 Å². The van der Waals surface area contributed by atoms with Crippen LogP contribution in [0.5, 0.6) is 0 Å². The minimum Gasteiger partial charge on any atom is -0.356 e. The van der Waals surface area contributed by atoms with Crippen LogP contribution in [0.15, 0.2) is 48.5 Å². The van der Waals surface area contributed by atoms with Gasteiger partial charge < -0.3 is 15.2 Å². The Labute approximate surface area is 156 Å². The topological polar surface area (TPSA) is 65.2 Å². The maximum Gasteiger partial charge on any atom is 0.254 e. The molecule has 1 aromatic heterocycles. The highest BCUT2D eigenvalue weighted by Crippen LogP contribution is 2.34. The highest BCUT2D eigenvalue weighted by atomic mass is 19.1. The molecule has 3 aromatic rings. The zero-order valence-electron chi connectivity index (χ0n) is 15.0. The molecule has 0 bridgehead atoms. The average Bonchev–Trinajstić information content (AvgIpc) is 3.06. The van der Waals surface area contributed by atoms with Gasteiger partial charge in [0, 0.05) is 23.1 Å². The highest BCUT2D eigenvalue weighted by molar-refractivity contribution is 5.96. The van der Waals surface area contributed by atoms with Crippen LogP contribution in [0, 0.1) is 5.82 Å². The Morgan fingerprint density at radius 2 is 1.93 bits per heavy atom. The lowest BCUT2D eigenvalue weighted by Crippen LogP contribution is -2.44. The molecule has 0 saturated heterocycles. The predicted octanol–water partition coefficient (Wildman–Crippen LogP) is 3.18. The summed E-state index contributed by atoms with van der Waals surface area (Å²) in [7, 11) is 0. The van der Waals surface area contributed by atoms with Crippen molar-refractivity contribution in [2.75, 3.05) is 13.1 Å². The number of nitrogens with one attached hydrogen (secondary N) is 2. The van der Waals surface area contributed by atoms with Crippen molar-refractivity contribution in [2.24, 2.45) is 0 Å². The van der Waals surface area contributed by atoms with Gasteiger partial charge in [0.1, 0.15) is 5.82 Å². The van der Waals surface area contributed by atoms with E-state index in [1.807, 2.05) is 25.1 Å². The van der Waals surface area contributed by atoms with Crippen LogP contribution in [0.4, 0.5) is 4.39 Å². The molecule has 0 aliphatic carbocycles. The predicted molar refractivity (Wildman–Crippen MR) is 101 cm³/mol. The molecule has 5 nitrogen and oxygen atoms in total. The van der Waals surface area contributed by atoms with Gasteiger partial charge in [-0.05, 0) is 37.1 Å². The normalized spacial score (nSPS) is 16.2. The van der Waals surface area contributed by atoms with Crippen molar-refractivity contribution in [1.82, 2.24) is 15.2 Å². The number of hydrogen-bond acceptors (Lipinski definition) is 2. The van der Waals surface area contributed by atoms with Gasteiger partial charge in [0.2, 0.25) is 5.91 Å². The van der Waals surface area contributed by atoms with Gasteiger partial charge >= 0.3 is 0 Å². The zero-order valence-corrected chi connectivity index (χ0v) is 15.0. The van der Waals surface area contributed by atoms with Crippen LogP contribution in [0.25, 0.3) is 10.9 Å². The van der Waals surface area contributed by atoms with Gasteiger partial charge in [-0.15, -0.1) is 0 Å². The van der Waals surface area contributed by atoms with Gasteiger partial charge in [-0.3, -0.25) is 9.59 Å². The Morgan fingerprint density at radius 3 is 2.74 bits per heavy atom. The van der Waals surface area contributed by atoms with Crippen molar-refractivity contribution >= 4 is 22.7 Å². The molecule has 138 valence electrons. The van der Waals surface area contributed by atoms with Gasteiger partial charge in [0.05, 0.1) is 18.2 Å². The molecule has 0 fully saturated rings. The standard InChI is InChI=1S/C21H20FN3O2/c1-13-20-15(14-6-3-5-9-18(14)24-20)10-11-25(13)19(26)12-23-21(27)16-7-2-4-8-17(16)22/h2-9,13,24H,10-12H2,1H3,(H,23,27)/t13-/m1/s1. The Balaban J connectivity index is 1.47. The summed E-state index contributed by atoms with van der Waals surface area (Å²) in [6.45, 7) is 2.40. The number of nitrogens with zero attached hydrogens (tertiary/aromatic N) is 1. The maximum absolute atomic E-state index is 13.7. The molecule has 2 aromatic carbocycles. The number of rotatable bonds is 3. The number of carbonyl (C=O) groups excluding carboxylic acids is 2. The fourth-order valence-corrected chi connectivity index (χ4v) is 3.77. The molecule has 0 unspecified atom stereocenters. The first-order valence-corrected chi connectivity index (χ1v) is 8.98. The van der Waals surface area contributed by atoms with Gasteiger partial charge in [0.15, 0.2) is 0 Å². The number of benzene rings is 2. The number of amides is 2. The summed E-state index contributed by atoms with van der Waals surface area (Å²) >= 11 is 0. The number of aromatic amines is 1. The third-order valence-corrected chi connectivity index (χ3v) is 5.17. The second-order valence-electron chi connectivity index (χ2n) is 6.74. The summed E-state index contributed by atoms with van der Waals surface area (Å²) in [5.74, 6) is -1.37. The number of carbonyl (C=O) groups is 2. The van der Waals surface area contributed by atoms with Crippen molar-refractivity contribution in [3.63, 3.8) is 0 Å². The molecule has 0 radical (unpaired) electrons. The first kappa shape index (κ1) is 17.3. The van der Waals surface area contributed by atoms with Crippen LogP contribution < -0.4 is 5.32 Å². The quantitative estimate of drug-likeness (QED) is 0.749. The van der Waals surface area contributed by atoms with Crippen molar-refractivity contribution in [2.45, 2.75) is 19.4 Å². The summed E-state index contributed by atoms with van der Waals surface area (Å²) in [6.07, 6.45) is 0.761. The number of aromatic nitrogens is 1. The molecule has 27 heavy (non-hydrogen) atoms. The maximum atomic E-state index is 13.7. The molecule has 6 heteroatoms. The lowest BCUT2D eigenvalue weighted by molar-refractivity contribution is -0.132. The molecule has 0 spiro atoms. The van der Waals surface area contributed by atoms with Gasteiger partial charge in [0.25, 0.3) is 5.91 Å². The number of fused-ring (bicyclic) bond motifs is 3. The van der Waals surface area contributed by atoms with Crippen LogP contribution in [0.3, 0.4) is 0 Å². The van der Waals surface area contributed by atoms with E-state index < -0.39 is 11.7 Å². The van der Waals surface area contributed by atoms with Crippen molar-refractivity contribution in [3.05, 3.63) is 71.2 Å². The molecular weight excluding hydrogens is 345 g/mol. The summed E-state index contributed by atoms with van der Waals surface area (Å²) in [4.78, 5) is 29.9. The van der Waals surface area contributed by atoms with Gasteiger partial charge in [-0.25, -0.2) is 4.39 Å². The van der Waals surface area contributed by atoms with E-state index >= 15 is 0 Å².